The molecule has 0 saturated heterocycles. The van der Waals surface area contributed by atoms with Crippen molar-refractivity contribution in [3.05, 3.63) is 74.3 Å². The van der Waals surface area contributed by atoms with Crippen LogP contribution in [0.25, 0.3) is 0 Å². The third-order valence-electron chi connectivity index (χ3n) is 3.13. The predicted molar refractivity (Wildman–Crippen MR) is 81.0 cm³/mol. The van der Waals surface area contributed by atoms with E-state index < -0.39 is 4.92 Å². The second-order valence-electron chi connectivity index (χ2n) is 4.57. The van der Waals surface area contributed by atoms with E-state index in [9.17, 15) is 10.1 Å². The number of aliphatic hydroxyl groups excluding tert-OH is 1. The second kappa shape index (κ2) is 7.17. The first-order valence-electron chi connectivity index (χ1n) is 6.43. The molecule has 0 radical (unpaired) electrons. The highest BCUT2D eigenvalue weighted by molar-refractivity contribution is 6.31. The minimum atomic E-state index is -0.432. The van der Waals surface area contributed by atoms with E-state index in [1.165, 1.54) is 6.07 Å². The van der Waals surface area contributed by atoms with E-state index in [4.69, 9.17) is 16.7 Å². The molecule has 0 spiro atoms. The number of rotatable bonds is 6. The fraction of sp³-hybridized carbons (Fsp3) is 0.200. The summed E-state index contributed by atoms with van der Waals surface area (Å²) in [5.41, 5.74) is 2.38. The summed E-state index contributed by atoms with van der Waals surface area (Å²) in [5.74, 6) is 0. The van der Waals surface area contributed by atoms with Crippen LogP contribution in [0.4, 0.5) is 5.69 Å². The maximum absolute atomic E-state index is 11.0. The lowest BCUT2D eigenvalue weighted by molar-refractivity contribution is -0.385. The fourth-order valence-corrected chi connectivity index (χ4v) is 2.22. The zero-order valence-electron chi connectivity index (χ0n) is 11.3. The molecule has 0 aliphatic carbocycles. The molecule has 0 aliphatic heterocycles. The summed E-state index contributed by atoms with van der Waals surface area (Å²) < 4.78 is 0. The SMILES string of the molecule is O=[N+]([O-])c1cccc(Cl)c1CNCc1ccc(CO)cc1. The Morgan fingerprint density at radius 3 is 2.38 bits per heavy atom. The van der Waals surface area contributed by atoms with Gasteiger partial charge in [-0.2, -0.15) is 0 Å². The largest absolute Gasteiger partial charge is 0.392 e. The normalized spacial score (nSPS) is 10.6. The van der Waals surface area contributed by atoms with Gasteiger partial charge in [-0.05, 0) is 17.2 Å². The topological polar surface area (TPSA) is 75.4 Å². The van der Waals surface area contributed by atoms with Crippen molar-refractivity contribution in [2.45, 2.75) is 19.7 Å². The Hall–Kier alpha value is -1.95. The van der Waals surface area contributed by atoms with Crippen molar-refractivity contribution < 1.29 is 10.0 Å². The molecule has 6 heteroatoms. The molecule has 0 fully saturated rings. The molecule has 0 unspecified atom stereocenters. The molecule has 0 saturated carbocycles. The quantitative estimate of drug-likeness (QED) is 0.635. The molecule has 2 aromatic rings. The summed E-state index contributed by atoms with van der Waals surface area (Å²) in [7, 11) is 0. The molecular formula is C15H15ClN2O3. The van der Waals surface area contributed by atoms with Gasteiger partial charge in [-0.25, -0.2) is 0 Å². The van der Waals surface area contributed by atoms with Gasteiger partial charge in [0.2, 0.25) is 0 Å². The predicted octanol–water partition coefficient (Wildman–Crippen LogP) is 3.03. The molecule has 0 amide bonds. The third kappa shape index (κ3) is 4.01. The van der Waals surface area contributed by atoms with E-state index in [0.29, 0.717) is 23.7 Å². The number of hydrogen-bond acceptors (Lipinski definition) is 4. The average molecular weight is 307 g/mol. The van der Waals surface area contributed by atoms with Gasteiger partial charge in [0.1, 0.15) is 0 Å². The Balaban J connectivity index is 2.01. The number of benzene rings is 2. The summed E-state index contributed by atoms with van der Waals surface area (Å²) >= 11 is 6.02. The van der Waals surface area contributed by atoms with Crippen molar-refractivity contribution in [3.8, 4) is 0 Å². The van der Waals surface area contributed by atoms with Crippen molar-refractivity contribution in [1.82, 2.24) is 5.32 Å². The summed E-state index contributed by atoms with van der Waals surface area (Å²) in [4.78, 5) is 10.5. The summed E-state index contributed by atoms with van der Waals surface area (Å²) in [6.07, 6.45) is 0. The average Bonchev–Trinajstić information content (AvgIpc) is 2.49. The first-order valence-corrected chi connectivity index (χ1v) is 6.81. The van der Waals surface area contributed by atoms with Crippen molar-refractivity contribution >= 4 is 17.3 Å². The minimum Gasteiger partial charge on any atom is -0.392 e. The van der Waals surface area contributed by atoms with Crippen LogP contribution in [0.3, 0.4) is 0 Å². The number of halogens is 1. The monoisotopic (exact) mass is 306 g/mol. The minimum absolute atomic E-state index is 0.0134. The molecule has 0 bridgehead atoms. The highest BCUT2D eigenvalue weighted by atomic mass is 35.5. The van der Waals surface area contributed by atoms with E-state index >= 15 is 0 Å². The molecule has 0 aliphatic rings. The zero-order valence-corrected chi connectivity index (χ0v) is 12.0. The van der Waals surface area contributed by atoms with Gasteiger partial charge in [-0.1, -0.05) is 41.9 Å². The Morgan fingerprint density at radius 2 is 1.76 bits per heavy atom. The van der Waals surface area contributed by atoms with Crippen molar-refractivity contribution in [2.24, 2.45) is 0 Å². The third-order valence-corrected chi connectivity index (χ3v) is 3.48. The number of aliphatic hydroxyl groups is 1. The van der Waals surface area contributed by atoms with Crippen molar-refractivity contribution in [1.29, 1.82) is 0 Å². The maximum atomic E-state index is 11.0. The van der Waals surface area contributed by atoms with Gasteiger partial charge in [0.25, 0.3) is 5.69 Å². The van der Waals surface area contributed by atoms with Crippen LogP contribution in [0.1, 0.15) is 16.7 Å². The lowest BCUT2D eigenvalue weighted by Crippen LogP contribution is -2.14. The van der Waals surface area contributed by atoms with Crippen LogP contribution in [0.2, 0.25) is 5.02 Å². The smallest absolute Gasteiger partial charge is 0.275 e. The molecule has 110 valence electrons. The van der Waals surface area contributed by atoms with Gasteiger partial charge >= 0.3 is 0 Å². The fourth-order valence-electron chi connectivity index (χ4n) is 1.99. The number of hydrogen-bond donors (Lipinski definition) is 2. The van der Waals surface area contributed by atoms with Crippen LogP contribution in [-0.4, -0.2) is 10.0 Å². The van der Waals surface area contributed by atoms with Crippen LogP contribution in [0, 0.1) is 10.1 Å². The van der Waals surface area contributed by atoms with Crippen LogP contribution in [0.5, 0.6) is 0 Å². The van der Waals surface area contributed by atoms with E-state index in [1.54, 1.807) is 12.1 Å². The van der Waals surface area contributed by atoms with Gasteiger partial charge in [-0.15, -0.1) is 0 Å². The number of nitrogens with one attached hydrogen (secondary N) is 1. The molecule has 2 rings (SSSR count). The van der Waals surface area contributed by atoms with Crippen LogP contribution in [-0.2, 0) is 19.7 Å². The van der Waals surface area contributed by atoms with E-state index in [1.807, 2.05) is 24.3 Å². The van der Waals surface area contributed by atoms with Crippen LogP contribution >= 0.6 is 11.6 Å². The molecule has 0 aromatic heterocycles. The highest BCUT2D eigenvalue weighted by Crippen LogP contribution is 2.25. The first kappa shape index (κ1) is 15.4. The number of nitro benzene ring substituents is 1. The molecule has 0 heterocycles. The summed E-state index contributed by atoms with van der Waals surface area (Å²) in [6, 6.07) is 12.1. The van der Waals surface area contributed by atoms with Gasteiger partial charge in [0.05, 0.1) is 22.1 Å². The first-order chi connectivity index (χ1) is 10.1. The number of nitro groups is 1. The summed E-state index contributed by atoms with van der Waals surface area (Å²) in [6.45, 7) is 0.894. The van der Waals surface area contributed by atoms with E-state index in [2.05, 4.69) is 5.32 Å². The zero-order chi connectivity index (χ0) is 15.2. The molecule has 5 nitrogen and oxygen atoms in total. The second-order valence-corrected chi connectivity index (χ2v) is 4.98. The highest BCUT2D eigenvalue weighted by Gasteiger charge is 2.15. The van der Waals surface area contributed by atoms with Gasteiger partial charge in [-0.3, -0.25) is 10.1 Å². The molecular weight excluding hydrogens is 292 g/mol. The standard InChI is InChI=1S/C15H15ClN2O3/c16-14-2-1-3-15(18(20)21)13(14)9-17-8-11-4-6-12(10-19)7-5-11/h1-7,17,19H,8-10H2. The Bertz CT molecular complexity index is 629. The lowest BCUT2D eigenvalue weighted by Gasteiger charge is -2.08. The van der Waals surface area contributed by atoms with Gasteiger partial charge in [0, 0.05) is 19.2 Å². The Morgan fingerprint density at radius 1 is 1.10 bits per heavy atom. The summed E-state index contributed by atoms with van der Waals surface area (Å²) in [5, 5.41) is 23.5. The van der Waals surface area contributed by atoms with Crippen LogP contribution < -0.4 is 5.32 Å². The Kier molecular flexibility index (Phi) is 5.27. The van der Waals surface area contributed by atoms with Gasteiger partial charge < -0.3 is 10.4 Å². The Labute approximate surface area is 127 Å². The molecule has 21 heavy (non-hydrogen) atoms. The van der Waals surface area contributed by atoms with E-state index in [0.717, 1.165) is 11.1 Å². The van der Waals surface area contributed by atoms with Gasteiger partial charge in [0.15, 0.2) is 0 Å². The molecule has 2 aromatic carbocycles. The van der Waals surface area contributed by atoms with Crippen LogP contribution in [0.15, 0.2) is 42.5 Å². The molecule has 2 N–H and O–H groups in total. The van der Waals surface area contributed by atoms with E-state index in [-0.39, 0.29) is 12.3 Å². The van der Waals surface area contributed by atoms with Crippen molar-refractivity contribution in [2.75, 3.05) is 0 Å². The maximum Gasteiger partial charge on any atom is 0.275 e. The number of nitrogens with zero attached hydrogens (tertiary/aromatic N) is 1. The lowest BCUT2D eigenvalue weighted by atomic mass is 10.1. The molecule has 0 atom stereocenters. The van der Waals surface area contributed by atoms with Crippen molar-refractivity contribution in [3.63, 3.8) is 0 Å².